The normalized spacial score (nSPS) is 10.8. The van der Waals surface area contributed by atoms with Crippen LogP contribution in [0.2, 0.25) is 4.34 Å². The van der Waals surface area contributed by atoms with Crippen molar-refractivity contribution in [2.45, 2.75) is 32.7 Å². The fraction of sp³-hybridized carbons (Fsp3) is 0.462. The van der Waals surface area contributed by atoms with Gasteiger partial charge in [0.1, 0.15) is 0 Å². The third-order valence-corrected chi connectivity index (χ3v) is 4.01. The number of carbonyl (C=O) groups excluding carboxylic acids is 1. The predicted molar refractivity (Wildman–Crippen MR) is 77.8 cm³/mol. The zero-order valence-corrected chi connectivity index (χ0v) is 13.0. The predicted octanol–water partition coefficient (Wildman–Crippen LogP) is 3.07. The average Bonchev–Trinajstić information content (AvgIpc) is 2.98. The van der Waals surface area contributed by atoms with Crippen LogP contribution in [0.4, 0.5) is 0 Å². The first kappa shape index (κ1) is 15.0. The fourth-order valence-corrected chi connectivity index (χ4v) is 2.92. The number of halogens is 1. The second-order valence-electron chi connectivity index (χ2n) is 4.54. The molecule has 0 aromatic carbocycles. The van der Waals surface area contributed by atoms with Crippen molar-refractivity contribution < 1.29 is 9.32 Å². The zero-order chi connectivity index (χ0) is 14.5. The molecule has 0 fully saturated rings. The lowest BCUT2D eigenvalue weighted by Gasteiger charge is -2.15. The Morgan fingerprint density at radius 1 is 1.50 bits per heavy atom. The molecule has 108 valence electrons. The molecule has 2 heterocycles. The maximum absolute atomic E-state index is 12.0. The monoisotopic (exact) mass is 313 g/mol. The summed E-state index contributed by atoms with van der Waals surface area (Å²) in [7, 11) is 1.80. The van der Waals surface area contributed by atoms with E-state index >= 15 is 0 Å². The molecule has 0 aliphatic carbocycles. The van der Waals surface area contributed by atoms with E-state index in [1.807, 2.05) is 12.1 Å². The van der Waals surface area contributed by atoms with Crippen LogP contribution < -0.4 is 0 Å². The van der Waals surface area contributed by atoms with Gasteiger partial charge in [-0.15, -0.1) is 11.3 Å². The smallest absolute Gasteiger partial charge is 0.226 e. The Bertz CT molecular complexity index is 582. The molecule has 0 unspecified atom stereocenters. The van der Waals surface area contributed by atoms with Gasteiger partial charge in [0.15, 0.2) is 5.82 Å². The Kier molecular flexibility index (Phi) is 5.14. The summed E-state index contributed by atoms with van der Waals surface area (Å²) < 4.78 is 5.75. The van der Waals surface area contributed by atoms with Gasteiger partial charge in [0.25, 0.3) is 0 Å². The van der Waals surface area contributed by atoms with E-state index in [9.17, 15) is 4.79 Å². The molecule has 2 rings (SSSR count). The van der Waals surface area contributed by atoms with Crippen LogP contribution in [-0.2, 0) is 17.8 Å². The molecular weight excluding hydrogens is 298 g/mol. The molecule has 0 bridgehead atoms. The SMILES string of the molecule is Cc1noc(CCCC(=O)N(C)Cc2ccc(Cl)s2)n1. The summed E-state index contributed by atoms with van der Waals surface area (Å²) in [5, 5.41) is 3.72. The number of amides is 1. The van der Waals surface area contributed by atoms with Gasteiger partial charge in [-0.1, -0.05) is 16.8 Å². The highest BCUT2D eigenvalue weighted by atomic mass is 35.5. The minimum atomic E-state index is 0.103. The molecule has 0 saturated heterocycles. The molecule has 0 N–H and O–H groups in total. The minimum Gasteiger partial charge on any atom is -0.341 e. The lowest BCUT2D eigenvalue weighted by molar-refractivity contribution is -0.130. The summed E-state index contributed by atoms with van der Waals surface area (Å²) in [5.74, 6) is 1.31. The van der Waals surface area contributed by atoms with Crippen molar-refractivity contribution in [3.63, 3.8) is 0 Å². The van der Waals surface area contributed by atoms with Crippen molar-refractivity contribution in [3.05, 3.63) is 33.1 Å². The van der Waals surface area contributed by atoms with E-state index in [0.717, 1.165) is 9.21 Å². The van der Waals surface area contributed by atoms with Crippen LogP contribution in [0.15, 0.2) is 16.7 Å². The Morgan fingerprint density at radius 2 is 2.30 bits per heavy atom. The van der Waals surface area contributed by atoms with E-state index in [2.05, 4.69) is 10.1 Å². The Hall–Kier alpha value is -1.40. The zero-order valence-electron chi connectivity index (χ0n) is 11.4. The Morgan fingerprint density at radius 3 is 2.90 bits per heavy atom. The van der Waals surface area contributed by atoms with E-state index in [1.165, 1.54) is 11.3 Å². The summed E-state index contributed by atoms with van der Waals surface area (Å²) in [6, 6.07) is 3.79. The molecular formula is C13H16ClN3O2S. The molecule has 0 aliphatic heterocycles. The molecule has 0 radical (unpaired) electrons. The van der Waals surface area contributed by atoms with Crippen molar-refractivity contribution in [1.29, 1.82) is 0 Å². The molecule has 20 heavy (non-hydrogen) atoms. The van der Waals surface area contributed by atoms with Crippen LogP contribution >= 0.6 is 22.9 Å². The lowest BCUT2D eigenvalue weighted by atomic mass is 10.2. The van der Waals surface area contributed by atoms with Gasteiger partial charge in [0, 0.05) is 24.8 Å². The second kappa shape index (κ2) is 6.85. The number of aryl methyl sites for hydroxylation is 2. The molecule has 5 nitrogen and oxygen atoms in total. The summed E-state index contributed by atoms with van der Waals surface area (Å²) in [6.07, 6.45) is 1.80. The molecule has 0 atom stereocenters. The van der Waals surface area contributed by atoms with Gasteiger partial charge < -0.3 is 9.42 Å². The maximum atomic E-state index is 12.0. The Labute approximate surface area is 126 Å². The summed E-state index contributed by atoms with van der Waals surface area (Å²) in [6.45, 7) is 2.37. The van der Waals surface area contributed by atoms with Crippen molar-refractivity contribution >= 4 is 28.8 Å². The first-order valence-corrected chi connectivity index (χ1v) is 7.51. The second-order valence-corrected chi connectivity index (χ2v) is 6.34. The van der Waals surface area contributed by atoms with Crippen molar-refractivity contribution in [3.8, 4) is 0 Å². The van der Waals surface area contributed by atoms with Gasteiger partial charge in [-0.3, -0.25) is 4.79 Å². The highest BCUT2D eigenvalue weighted by molar-refractivity contribution is 7.16. The standard InChI is InChI=1S/C13H16ClN3O2S/c1-9-15-12(19-16-9)4-3-5-13(18)17(2)8-10-6-7-11(14)20-10/h6-7H,3-5,8H2,1-2H3. The fourth-order valence-electron chi connectivity index (χ4n) is 1.78. The molecule has 0 aliphatic rings. The number of carbonyl (C=O) groups is 1. The van der Waals surface area contributed by atoms with Crippen LogP contribution in [0.25, 0.3) is 0 Å². The van der Waals surface area contributed by atoms with E-state index in [4.69, 9.17) is 16.1 Å². The van der Waals surface area contributed by atoms with Gasteiger partial charge in [-0.05, 0) is 25.5 Å². The van der Waals surface area contributed by atoms with E-state index < -0.39 is 0 Å². The molecule has 0 saturated carbocycles. The van der Waals surface area contributed by atoms with E-state index in [-0.39, 0.29) is 5.91 Å². The third kappa shape index (κ3) is 4.31. The topological polar surface area (TPSA) is 59.2 Å². The average molecular weight is 314 g/mol. The number of thiophene rings is 1. The van der Waals surface area contributed by atoms with Crippen LogP contribution in [-0.4, -0.2) is 28.0 Å². The van der Waals surface area contributed by atoms with Crippen LogP contribution in [0.1, 0.15) is 29.4 Å². The van der Waals surface area contributed by atoms with E-state index in [0.29, 0.717) is 37.5 Å². The highest BCUT2D eigenvalue weighted by Crippen LogP contribution is 2.22. The van der Waals surface area contributed by atoms with Crippen molar-refractivity contribution in [1.82, 2.24) is 15.0 Å². The number of hydrogen-bond donors (Lipinski definition) is 0. The molecule has 7 heteroatoms. The number of hydrogen-bond acceptors (Lipinski definition) is 5. The minimum absolute atomic E-state index is 0.103. The van der Waals surface area contributed by atoms with Gasteiger partial charge in [-0.2, -0.15) is 4.98 Å². The Balaban J connectivity index is 1.73. The first-order chi connectivity index (χ1) is 9.54. The number of nitrogens with zero attached hydrogens (tertiary/aromatic N) is 3. The summed E-state index contributed by atoms with van der Waals surface area (Å²) >= 11 is 7.36. The number of rotatable bonds is 6. The van der Waals surface area contributed by atoms with Crippen LogP contribution in [0.5, 0.6) is 0 Å². The number of aromatic nitrogens is 2. The van der Waals surface area contributed by atoms with E-state index in [1.54, 1.807) is 18.9 Å². The largest absolute Gasteiger partial charge is 0.341 e. The third-order valence-electron chi connectivity index (χ3n) is 2.80. The van der Waals surface area contributed by atoms with Crippen molar-refractivity contribution in [2.24, 2.45) is 0 Å². The first-order valence-electron chi connectivity index (χ1n) is 6.32. The van der Waals surface area contributed by atoms with Crippen LogP contribution in [0.3, 0.4) is 0 Å². The van der Waals surface area contributed by atoms with Gasteiger partial charge in [0.05, 0.1) is 10.9 Å². The maximum Gasteiger partial charge on any atom is 0.226 e. The van der Waals surface area contributed by atoms with Crippen LogP contribution in [0, 0.1) is 6.92 Å². The highest BCUT2D eigenvalue weighted by Gasteiger charge is 2.11. The van der Waals surface area contributed by atoms with Gasteiger partial charge >= 0.3 is 0 Å². The van der Waals surface area contributed by atoms with Gasteiger partial charge in [-0.25, -0.2) is 0 Å². The van der Waals surface area contributed by atoms with Crippen molar-refractivity contribution in [2.75, 3.05) is 7.05 Å². The molecule has 1 amide bonds. The summed E-state index contributed by atoms with van der Waals surface area (Å²) in [5.41, 5.74) is 0. The summed E-state index contributed by atoms with van der Waals surface area (Å²) in [4.78, 5) is 18.9. The molecule has 0 spiro atoms. The quantitative estimate of drug-likeness (QED) is 0.822. The molecule has 2 aromatic heterocycles. The van der Waals surface area contributed by atoms with Gasteiger partial charge in [0.2, 0.25) is 11.8 Å². The lowest BCUT2D eigenvalue weighted by Crippen LogP contribution is -2.25. The molecule has 2 aromatic rings.